The number of benzene rings is 2. The fourth-order valence-electron chi connectivity index (χ4n) is 3.71. The van der Waals surface area contributed by atoms with Crippen molar-refractivity contribution in [2.24, 2.45) is 0 Å². The minimum atomic E-state index is -3.71. The zero-order valence-corrected chi connectivity index (χ0v) is 17.4. The molecule has 1 unspecified atom stereocenters. The van der Waals surface area contributed by atoms with E-state index in [-0.39, 0.29) is 17.3 Å². The van der Waals surface area contributed by atoms with Crippen LogP contribution in [-0.2, 0) is 14.8 Å². The predicted molar refractivity (Wildman–Crippen MR) is 110 cm³/mol. The number of hydrogen-bond acceptors (Lipinski definition) is 4. The Labute approximate surface area is 167 Å². The van der Waals surface area contributed by atoms with Gasteiger partial charge in [0.1, 0.15) is 6.17 Å². The average molecular weight is 402 g/mol. The van der Waals surface area contributed by atoms with Gasteiger partial charge in [-0.2, -0.15) is 4.31 Å². The fourth-order valence-corrected chi connectivity index (χ4v) is 5.30. The van der Waals surface area contributed by atoms with Crippen molar-refractivity contribution >= 4 is 21.6 Å². The standard InChI is InChI=1S/C21H27N3O3S/c1-4-22(5-2)19-13-11-18(12-14-19)21-23(17(3)25)15-16-24(21)28(26,27)20-9-7-6-8-10-20/h6-14,21H,4-5,15-16H2,1-3H3. The number of anilines is 1. The molecule has 0 radical (unpaired) electrons. The second-order valence-corrected chi connectivity index (χ2v) is 8.67. The van der Waals surface area contributed by atoms with E-state index < -0.39 is 16.2 Å². The SMILES string of the molecule is CCN(CC)c1ccc(C2N(C(C)=O)CCN2S(=O)(=O)c2ccccc2)cc1. The Morgan fingerprint density at radius 1 is 1.00 bits per heavy atom. The molecule has 0 aliphatic carbocycles. The number of amides is 1. The van der Waals surface area contributed by atoms with E-state index in [1.807, 2.05) is 24.3 Å². The molecule has 6 nitrogen and oxygen atoms in total. The topological polar surface area (TPSA) is 60.9 Å². The van der Waals surface area contributed by atoms with Gasteiger partial charge in [-0.3, -0.25) is 4.79 Å². The molecule has 1 heterocycles. The summed E-state index contributed by atoms with van der Waals surface area (Å²) in [6, 6.07) is 16.2. The van der Waals surface area contributed by atoms with Gasteiger partial charge < -0.3 is 9.80 Å². The molecule has 1 atom stereocenters. The molecule has 1 saturated heterocycles. The first kappa shape index (κ1) is 20.4. The van der Waals surface area contributed by atoms with E-state index in [1.54, 1.807) is 35.2 Å². The van der Waals surface area contributed by atoms with E-state index in [1.165, 1.54) is 11.2 Å². The van der Waals surface area contributed by atoms with Gasteiger partial charge in [-0.05, 0) is 43.7 Å². The first-order valence-electron chi connectivity index (χ1n) is 9.59. The molecule has 1 aliphatic rings. The van der Waals surface area contributed by atoms with Crippen molar-refractivity contribution in [2.75, 3.05) is 31.1 Å². The molecule has 150 valence electrons. The van der Waals surface area contributed by atoms with Gasteiger partial charge in [0, 0.05) is 38.8 Å². The molecule has 0 bridgehead atoms. The number of sulfonamides is 1. The number of carbonyl (C=O) groups excluding carboxylic acids is 1. The summed E-state index contributed by atoms with van der Waals surface area (Å²) in [6.45, 7) is 8.12. The van der Waals surface area contributed by atoms with Gasteiger partial charge in [0.15, 0.2) is 0 Å². The lowest BCUT2D eigenvalue weighted by atomic mass is 10.1. The molecule has 2 aromatic rings. The second-order valence-electron chi connectivity index (χ2n) is 6.78. The minimum Gasteiger partial charge on any atom is -0.372 e. The van der Waals surface area contributed by atoms with Gasteiger partial charge in [0.05, 0.1) is 4.90 Å². The van der Waals surface area contributed by atoms with Crippen molar-refractivity contribution < 1.29 is 13.2 Å². The van der Waals surface area contributed by atoms with Crippen molar-refractivity contribution in [1.29, 1.82) is 0 Å². The monoisotopic (exact) mass is 401 g/mol. The van der Waals surface area contributed by atoms with Gasteiger partial charge >= 0.3 is 0 Å². The average Bonchev–Trinajstić information content (AvgIpc) is 3.16. The van der Waals surface area contributed by atoms with E-state index in [0.29, 0.717) is 6.54 Å². The zero-order valence-electron chi connectivity index (χ0n) is 16.6. The van der Waals surface area contributed by atoms with Crippen LogP contribution in [0.1, 0.15) is 32.5 Å². The highest BCUT2D eigenvalue weighted by Gasteiger charge is 2.42. The predicted octanol–water partition coefficient (Wildman–Crippen LogP) is 3.08. The van der Waals surface area contributed by atoms with Crippen molar-refractivity contribution in [1.82, 2.24) is 9.21 Å². The first-order valence-corrected chi connectivity index (χ1v) is 11.0. The summed E-state index contributed by atoms with van der Waals surface area (Å²) in [6.07, 6.45) is -0.631. The third-order valence-corrected chi connectivity index (χ3v) is 7.07. The van der Waals surface area contributed by atoms with Gasteiger partial charge in [-0.15, -0.1) is 0 Å². The summed E-state index contributed by atoms with van der Waals surface area (Å²) >= 11 is 0. The quantitative estimate of drug-likeness (QED) is 0.746. The highest BCUT2D eigenvalue weighted by atomic mass is 32.2. The summed E-state index contributed by atoms with van der Waals surface area (Å²) in [4.78, 5) is 16.3. The molecular weight excluding hydrogens is 374 g/mol. The van der Waals surface area contributed by atoms with Gasteiger partial charge in [0.2, 0.25) is 15.9 Å². The van der Waals surface area contributed by atoms with Crippen LogP contribution in [-0.4, -0.2) is 49.7 Å². The van der Waals surface area contributed by atoms with E-state index in [9.17, 15) is 13.2 Å². The van der Waals surface area contributed by atoms with Crippen molar-refractivity contribution in [3.8, 4) is 0 Å². The minimum absolute atomic E-state index is 0.136. The highest BCUT2D eigenvalue weighted by Crippen LogP contribution is 2.35. The van der Waals surface area contributed by atoms with Crippen LogP contribution in [0.5, 0.6) is 0 Å². The lowest BCUT2D eigenvalue weighted by Gasteiger charge is -2.30. The molecule has 1 fully saturated rings. The molecule has 1 amide bonds. The van der Waals surface area contributed by atoms with Crippen LogP contribution in [0.4, 0.5) is 5.69 Å². The Morgan fingerprint density at radius 3 is 2.14 bits per heavy atom. The molecule has 0 spiro atoms. The summed E-state index contributed by atoms with van der Waals surface area (Å²) in [5.74, 6) is -0.136. The molecule has 28 heavy (non-hydrogen) atoms. The zero-order chi connectivity index (χ0) is 20.3. The molecule has 7 heteroatoms. The summed E-state index contributed by atoms with van der Waals surface area (Å²) < 4.78 is 27.9. The largest absolute Gasteiger partial charge is 0.372 e. The molecule has 1 aliphatic heterocycles. The smallest absolute Gasteiger partial charge is 0.245 e. The molecule has 3 rings (SSSR count). The van der Waals surface area contributed by atoms with Crippen molar-refractivity contribution in [3.63, 3.8) is 0 Å². The molecule has 2 aromatic carbocycles. The fraction of sp³-hybridized carbons (Fsp3) is 0.381. The van der Waals surface area contributed by atoms with E-state index >= 15 is 0 Å². The molecule has 0 aromatic heterocycles. The summed E-state index contributed by atoms with van der Waals surface area (Å²) in [7, 11) is -3.71. The Hall–Kier alpha value is -2.38. The molecule has 0 N–H and O–H groups in total. The third kappa shape index (κ3) is 3.77. The van der Waals surface area contributed by atoms with E-state index in [0.717, 1.165) is 24.3 Å². The molecule has 0 saturated carbocycles. The maximum absolute atomic E-state index is 13.2. The van der Waals surface area contributed by atoms with Crippen molar-refractivity contribution in [2.45, 2.75) is 31.8 Å². The first-order chi connectivity index (χ1) is 13.4. The number of carbonyl (C=O) groups is 1. The van der Waals surface area contributed by atoms with E-state index in [4.69, 9.17) is 0 Å². The maximum atomic E-state index is 13.2. The summed E-state index contributed by atoms with van der Waals surface area (Å²) in [5, 5.41) is 0. The lowest BCUT2D eigenvalue weighted by molar-refractivity contribution is -0.130. The number of hydrogen-bond donors (Lipinski definition) is 0. The van der Waals surface area contributed by atoms with Crippen molar-refractivity contribution in [3.05, 3.63) is 60.2 Å². The maximum Gasteiger partial charge on any atom is 0.245 e. The van der Waals surface area contributed by atoms with Crippen LogP contribution < -0.4 is 4.90 Å². The van der Waals surface area contributed by atoms with Crippen LogP contribution in [0, 0.1) is 0 Å². The van der Waals surface area contributed by atoms with Gasteiger partial charge in [0.25, 0.3) is 0 Å². The van der Waals surface area contributed by atoms with Crippen LogP contribution in [0.3, 0.4) is 0 Å². The Morgan fingerprint density at radius 2 is 1.61 bits per heavy atom. The molecular formula is C21H27N3O3S. The third-order valence-electron chi connectivity index (χ3n) is 5.20. The van der Waals surface area contributed by atoms with Crippen LogP contribution in [0.25, 0.3) is 0 Å². The summed E-state index contributed by atoms with van der Waals surface area (Å²) in [5.41, 5.74) is 1.88. The van der Waals surface area contributed by atoms with E-state index in [2.05, 4.69) is 18.7 Å². The second kappa shape index (κ2) is 8.32. The van der Waals surface area contributed by atoms with Gasteiger partial charge in [-0.1, -0.05) is 30.3 Å². The number of rotatable bonds is 6. The highest BCUT2D eigenvalue weighted by molar-refractivity contribution is 7.89. The Bertz CT molecular complexity index is 910. The Kier molecular flexibility index (Phi) is 6.05. The lowest BCUT2D eigenvalue weighted by Crippen LogP contribution is -2.37. The van der Waals surface area contributed by atoms with Crippen LogP contribution in [0.2, 0.25) is 0 Å². The van der Waals surface area contributed by atoms with Crippen LogP contribution in [0.15, 0.2) is 59.5 Å². The Balaban J connectivity index is 2.00. The van der Waals surface area contributed by atoms with Crippen LogP contribution >= 0.6 is 0 Å². The number of nitrogens with zero attached hydrogens (tertiary/aromatic N) is 3. The normalized spacial score (nSPS) is 17.7. The van der Waals surface area contributed by atoms with Gasteiger partial charge in [-0.25, -0.2) is 8.42 Å².